The molecular weight excluding hydrogens is 396 g/mol. The molecule has 136 valence electrons. The first kappa shape index (κ1) is 18.6. The lowest BCUT2D eigenvalue weighted by Crippen LogP contribution is -2.02. The average Bonchev–Trinajstić information content (AvgIpc) is 2.94. The van der Waals surface area contributed by atoms with Gasteiger partial charge in [0.2, 0.25) is 0 Å². The molecule has 0 fully saturated rings. The number of carbonyl (C=O) groups is 1. The summed E-state index contributed by atoms with van der Waals surface area (Å²) in [6, 6.07) is 10.5. The number of halogens is 1. The van der Waals surface area contributed by atoms with Gasteiger partial charge in [-0.25, -0.2) is 0 Å². The molecule has 0 aliphatic heterocycles. The minimum atomic E-state index is -0.385. The molecule has 1 unspecified atom stereocenters. The summed E-state index contributed by atoms with van der Waals surface area (Å²) in [5.74, 6) is -0.0171. The van der Waals surface area contributed by atoms with E-state index in [0.29, 0.717) is 5.56 Å². The number of Topliss-reactive ketones (excluding diaryl/α,β-unsaturated/α-hetero) is 1. The second-order valence-electron chi connectivity index (χ2n) is 6.55. The standard InChI is InChI=1S/C20H21BrN2O3/c1-3-4-5-6-20(21)22-18-9-7-14(13(2)24)11-16(18)17-12-15(23(25)26)8-10-19(17)22/h7-12,20H,3-6H2,1-2H3. The van der Waals surface area contributed by atoms with Crippen LogP contribution in [0.2, 0.25) is 0 Å². The highest BCUT2D eigenvalue weighted by Gasteiger charge is 2.19. The first-order chi connectivity index (χ1) is 12.4. The molecule has 1 aromatic heterocycles. The maximum absolute atomic E-state index is 11.8. The lowest BCUT2D eigenvalue weighted by molar-refractivity contribution is -0.384. The van der Waals surface area contributed by atoms with Gasteiger partial charge in [-0.05, 0) is 37.6 Å². The molecule has 0 aliphatic rings. The van der Waals surface area contributed by atoms with E-state index in [-0.39, 0.29) is 21.3 Å². The number of carbonyl (C=O) groups excluding carboxylic acids is 1. The van der Waals surface area contributed by atoms with Gasteiger partial charge in [-0.1, -0.05) is 42.1 Å². The van der Waals surface area contributed by atoms with Gasteiger partial charge in [0, 0.05) is 28.5 Å². The summed E-state index contributed by atoms with van der Waals surface area (Å²) >= 11 is 3.79. The van der Waals surface area contributed by atoms with E-state index in [9.17, 15) is 14.9 Å². The largest absolute Gasteiger partial charge is 0.327 e. The Morgan fingerprint density at radius 2 is 1.81 bits per heavy atom. The minimum absolute atomic E-state index is 0.0171. The fourth-order valence-electron chi connectivity index (χ4n) is 3.37. The normalized spacial score (nSPS) is 12.6. The van der Waals surface area contributed by atoms with Crippen LogP contribution in [-0.2, 0) is 0 Å². The maximum Gasteiger partial charge on any atom is 0.270 e. The van der Waals surface area contributed by atoms with E-state index in [4.69, 9.17) is 0 Å². The third kappa shape index (κ3) is 3.38. The van der Waals surface area contributed by atoms with Crippen LogP contribution in [0.15, 0.2) is 36.4 Å². The number of nitro groups is 1. The second-order valence-corrected chi connectivity index (χ2v) is 7.60. The molecule has 3 rings (SSSR count). The van der Waals surface area contributed by atoms with E-state index in [1.54, 1.807) is 12.1 Å². The lowest BCUT2D eigenvalue weighted by atomic mass is 10.1. The number of nitrogens with zero attached hydrogens (tertiary/aromatic N) is 2. The average molecular weight is 417 g/mol. The topological polar surface area (TPSA) is 65.1 Å². The fourth-order valence-corrected chi connectivity index (χ4v) is 4.13. The second kappa shape index (κ2) is 7.58. The van der Waals surface area contributed by atoms with E-state index in [2.05, 4.69) is 27.4 Å². The van der Waals surface area contributed by atoms with Crippen molar-refractivity contribution < 1.29 is 9.72 Å². The third-order valence-electron chi connectivity index (χ3n) is 4.73. The quantitative estimate of drug-likeness (QED) is 0.147. The monoisotopic (exact) mass is 416 g/mol. The van der Waals surface area contributed by atoms with Gasteiger partial charge in [-0.15, -0.1) is 0 Å². The van der Waals surface area contributed by atoms with Gasteiger partial charge in [0.05, 0.1) is 20.9 Å². The Morgan fingerprint density at radius 3 is 2.42 bits per heavy atom. The van der Waals surface area contributed by atoms with Crippen LogP contribution in [0.25, 0.3) is 21.8 Å². The SMILES string of the molecule is CCCCCC(Br)n1c2ccc(C(C)=O)cc2c2cc([N+](=O)[O-])ccc21. The Hall–Kier alpha value is -2.21. The summed E-state index contributed by atoms with van der Waals surface area (Å²) in [6.07, 6.45) is 4.39. The number of hydrogen-bond acceptors (Lipinski definition) is 3. The molecule has 26 heavy (non-hydrogen) atoms. The summed E-state index contributed by atoms with van der Waals surface area (Å²) in [6.45, 7) is 3.70. The van der Waals surface area contributed by atoms with Crippen LogP contribution >= 0.6 is 15.9 Å². The number of unbranched alkanes of at least 4 members (excludes halogenated alkanes) is 2. The van der Waals surface area contributed by atoms with Crippen LogP contribution < -0.4 is 0 Å². The van der Waals surface area contributed by atoms with E-state index in [0.717, 1.165) is 41.1 Å². The smallest absolute Gasteiger partial charge is 0.270 e. The number of nitro benzene ring substituents is 1. The zero-order valence-electron chi connectivity index (χ0n) is 14.9. The van der Waals surface area contributed by atoms with Crippen molar-refractivity contribution in [2.24, 2.45) is 0 Å². The Morgan fingerprint density at radius 1 is 1.15 bits per heavy atom. The molecule has 5 nitrogen and oxygen atoms in total. The Balaban J connectivity index is 2.24. The number of rotatable bonds is 7. The van der Waals surface area contributed by atoms with E-state index >= 15 is 0 Å². The summed E-state index contributed by atoms with van der Waals surface area (Å²) in [5.41, 5.74) is 2.58. The van der Waals surface area contributed by atoms with E-state index < -0.39 is 0 Å². The lowest BCUT2D eigenvalue weighted by Gasteiger charge is -2.15. The summed E-state index contributed by atoms with van der Waals surface area (Å²) in [5, 5.41) is 12.9. The Labute approximate surface area is 160 Å². The van der Waals surface area contributed by atoms with Gasteiger partial charge in [0.15, 0.2) is 5.78 Å². The molecule has 0 bridgehead atoms. The minimum Gasteiger partial charge on any atom is -0.327 e. The van der Waals surface area contributed by atoms with Crippen molar-refractivity contribution in [1.29, 1.82) is 0 Å². The van der Waals surface area contributed by atoms with Crippen molar-refractivity contribution >= 4 is 49.2 Å². The van der Waals surface area contributed by atoms with Gasteiger partial charge in [0.1, 0.15) is 0 Å². The highest BCUT2D eigenvalue weighted by atomic mass is 79.9. The molecule has 0 spiro atoms. The first-order valence-electron chi connectivity index (χ1n) is 8.81. The van der Waals surface area contributed by atoms with Gasteiger partial charge >= 0.3 is 0 Å². The third-order valence-corrected chi connectivity index (χ3v) is 5.60. The highest BCUT2D eigenvalue weighted by molar-refractivity contribution is 9.09. The van der Waals surface area contributed by atoms with Crippen LogP contribution in [0.1, 0.15) is 54.8 Å². The number of aromatic nitrogens is 1. The van der Waals surface area contributed by atoms with Crippen LogP contribution in [0.4, 0.5) is 5.69 Å². The van der Waals surface area contributed by atoms with Gasteiger partial charge in [-0.2, -0.15) is 0 Å². The molecule has 0 N–H and O–H groups in total. The summed E-state index contributed by atoms with van der Waals surface area (Å²) in [4.78, 5) is 22.7. The van der Waals surface area contributed by atoms with Crippen LogP contribution in [0, 0.1) is 10.1 Å². The van der Waals surface area contributed by atoms with Crippen molar-refractivity contribution in [1.82, 2.24) is 4.57 Å². The zero-order valence-corrected chi connectivity index (χ0v) is 16.5. The molecule has 0 aliphatic carbocycles. The predicted molar refractivity (Wildman–Crippen MR) is 108 cm³/mol. The van der Waals surface area contributed by atoms with Gasteiger partial charge in [0.25, 0.3) is 5.69 Å². The number of fused-ring (bicyclic) bond motifs is 3. The van der Waals surface area contributed by atoms with Crippen molar-refractivity contribution in [3.8, 4) is 0 Å². The summed E-state index contributed by atoms with van der Waals surface area (Å²) < 4.78 is 2.17. The molecule has 6 heteroatoms. The number of hydrogen-bond donors (Lipinski definition) is 0. The Bertz CT molecular complexity index is 922. The molecular formula is C20H21BrN2O3. The molecule has 0 amide bonds. The number of ketones is 1. The van der Waals surface area contributed by atoms with Crippen LogP contribution in [0.3, 0.4) is 0 Å². The molecule has 3 aromatic rings. The summed E-state index contributed by atoms with van der Waals surface area (Å²) in [7, 11) is 0. The van der Waals surface area contributed by atoms with Crippen molar-refractivity contribution in [3.05, 3.63) is 52.1 Å². The molecule has 0 radical (unpaired) electrons. The molecule has 0 saturated carbocycles. The fraction of sp³-hybridized carbons (Fsp3) is 0.350. The van der Waals surface area contributed by atoms with E-state index in [1.165, 1.54) is 19.4 Å². The van der Waals surface area contributed by atoms with Crippen LogP contribution in [0.5, 0.6) is 0 Å². The van der Waals surface area contributed by atoms with Gasteiger partial charge < -0.3 is 4.57 Å². The predicted octanol–water partition coefficient (Wildman–Crippen LogP) is 6.38. The number of alkyl halides is 1. The zero-order chi connectivity index (χ0) is 18.8. The highest BCUT2D eigenvalue weighted by Crippen LogP contribution is 2.38. The van der Waals surface area contributed by atoms with E-state index in [1.807, 2.05) is 18.2 Å². The molecule has 0 saturated heterocycles. The molecule has 2 aromatic carbocycles. The van der Waals surface area contributed by atoms with Crippen molar-refractivity contribution in [2.45, 2.75) is 44.5 Å². The first-order valence-corrected chi connectivity index (χ1v) is 9.72. The Kier molecular flexibility index (Phi) is 5.41. The molecule has 1 atom stereocenters. The maximum atomic E-state index is 11.8. The molecule has 1 heterocycles. The van der Waals surface area contributed by atoms with Crippen molar-refractivity contribution in [2.75, 3.05) is 0 Å². The number of benzene rings is 2. The van der Waals surface area contributed by atoms with Crippen LogP contribution in [-0.4, -0.2) is 15.3 Å². The van der Waals surface area contributed by atoms with Crippen molar-refractivity contribution in [3.63, 3.8) is 0 Å². The van der Waals surface area contributed by atoms with Gasteiger partial charge in [-0.3, -0.25) is 14.9 Å². The number of non-ortho nitro benzene ring substituents is 1.